The van der Waals surface area contributed by atoms with E-state index in [0.29, 0.717) is 0 Å². The van der Waals surface area contributed by atoms with Crippen molar-refractivity contribution in [2.75, 3.05) is 40.3 Å². The van der Waals surface area contributed by atoms with Gasteiger partial charge in [-0.2, -0.15) is 0 Å². The van der Waals surface area contributed by atoms with E-state index in [4.69, 9.17) is 4.42 Å². The number of amides is 1. The summed E-state index contributed by atoms with van der Waals surface area (Å²) in [5, 5.41) is 3.38. The Bertz CT molecular complexity index is 509. The molecule has 0 bridgehead atoms. The highest BCUT2D eigenvalue weighted by atomic mass is 127. The number of hydrogen-bond acceptors (Lipinski definition) is 3. The maximum Gasteiger partial charge on any atom is 0.243 e. The van der Waals surface area contributed by atoms with E-state index in [1.165, 1.54) is 12.8 Å². The van der Waals surface area contributed by atoms with E-state index in [1.807, 2.05) is 12.1 Å². The highest BCUT2D eigenvalue weighted by Gasteiger charge is 2.19. The van der Waals surface area contributed by atoms with Crippen molar-refractivity contribution in [3.05, 3.63) is 24.2 Å². The normalized spacial score (nSPS) is 15.8. The number of furan rings is 1. The second-order valence-electron chi connectivity index (χ2n) is 6.35. The maximum atomic E-state index is 11.8. The topological polar surface area (TPSA) is 61.1 Å². The fourth-order valence-electron chi connectivity index (χ4n) is 2.52. The molecule has 1 saturated heterocycles. The molecule has 1 N–H and O–H groups in total. The third-order valence-electron chi connectivity index (χ3n) is 4.18. The molecule has 1 fully saturated rings. The lowest BCUT2D eigenvalue weighted by atomic mass is 10.00. The molecular formula is C17H29IN4O2. The number of halogens is 1. The number of hydrogen-bond donors (Lipinski definition) is 1. The van der Waals surface area contributed by atoms with Crippen LogP contribution in [-0.4, -0.2) is 61.9 Å². The van der Waals surface area contributed by atoms with Crippen LogP contribution < -0.4 is 5.32 Å². The van der Waals surface area contributed by atoms with Gasteiger partial charge in [-0.25, -0.2) is 4.99 Å². The number of likely N-dealkylation sites (tertiary alicyclic amines) is 1. The average molecular weight is 448 g/mol. The Kier molecular flexibility index (Phi) is 9.17. The molecule has 1 aromatic rings. The summed E-state index contributed by atoms with van der Waals surface area (Å²) >= 11 is 0. The molecule has 0 aromatic carbocycles. The molecule has 0 unspecified atom stereocenters. The molecule has 7 heteroatoms. The minimum Gasteiger partial charge on any atom is -0.469 e. The number of piperidine rings is 1. The van der Waals surface area contributed by atoms with Gasteiger partial charge in [-0.1, -0.05) is 6.92 Å². The summed E-state index contributed by atoms with van der Waals surface area (Å²) in [5.41, 5.74) is 0. The molecular weight excluding hydrogens is 419 g/mol. The van der Waals surface area contributed by atoms with E-state index in [2.05, 4.69) is 22.1 Å². The quantitative estimate of drug-likeness (QED) is 0.427. The largest absolute Gasteiger partial charge is 0.469 e. The molecule has 136 valence electrons. The van der Waals surface area contributed by atoms with Crippen molar-refractivity contribution in [1.29, 1.82) is 0 Å². The second-order valence-corrected chi connectivity index (χ2v) is 6.35. The van der Waals surface area contributed by atoms with Crippen molar-refractivity contribution >= 4 is 35.8 Å². The summed E-state index contributed by atoms with van der Waals surface area (Å²) in [6.07, 6.45) is 4.82. The first kappa shape index (κ1) is 20.8. The van der Waals surface area contributed by atoms with Gasteiger partial charge in [0.2, 0.25) is 5.91 Å². The van der Waals surface area contributed by atoms with E-state index in [0.717, 1.165) is 43.7 Å². The molecule has 6 nitrogen and oxygen atoms in total. The van der Waals surface area contributed by atoms with Gasteiger partial charge in [-0.3, -0.25) is 4.79 Å². The molecule has 0 aliphatic carbocycles. The highest BCUT2D eigenvalue weighted by molar-refractivity contribution is 14.0. The summed E-state index contributed by atoms with van der Waals surface area (Å²) in [5.74, 6) is 2.56. The standard InChI is InChI=1S/C17H28N4O2.HI/c1-14-7-10-21(11-8-14)17(19-13-16(22)20(2)3)18-9-6-15-5-4-12-23-15;/h4-5,12,14H,6-11,13H2,1-3H3,(H,18,19);1H. The number of carbonyl (C=O) groups excluding carboxylic acids is 1. The smallest absolute Gasteiger partial charge is 0.243 e. The van der Waals surface area contributed by atoms with Gasteiger partial charge in [0.25, 0.3) is 0 Å². The fourth-order valence-corrected chi connectivity index (χ4v) is 2.52. The number of rotatable bonds is 5. The monoisotopic (exact) mass is 448 g/mol. The first-order valence-electron chi connectivity index (χ1n) is 8.32. The number of aliphatic imine (C=N–C) groups is 1. The van der Waals surface area contributed by atoms with Crippen LogP contribution in [0, 0.1) is 5.92 Å². The molecule has 1 amide bonds. The summed E-state index contributed by atoms with van der Waals surface area (Å²) in [7, 11) is 3.51. The van der Waals surface area contributed by atoms with Crippen LogP contribution in [0.25, 0.3) is 0 Å². The molecule has 0 radical (unpaired) electrons. The van der Waals surface area contributed by atoms with Crippen LogP contribution in [0.3, 0.4) is 0 Å². The summed E-state index contributed by atoms with van der Waals surface area (Å²) in [6.45, 7) is 5.19. The van der Waals surface area contributed by atoms with Gasteiger partial charge < -0.3 is 19.5 Å². The van der Waals surface area contributed by atoms with Crippen LogP contribution >= 0.6 is 24.0 Å². The van der Waals surface area contributed by atoms with Gasteiger partial charge in [-0.15, -0.1) is 24.0 Å². The lowest BCUT2D eigenvalue weighted by molar-refractivity contribution is -0.127. The number of likely N-dealkylation sites (N-methyl/N-ethyl adjacent to an activating group) is 1. The van der Waals surface area contributed by atoms with Gasteiger partial charge in [0.15, 0.2) is 5.96 Å². The molecule has 1 aliphatic rings. The van der Waals surface area contributed by atoms with Crippen LogP contribution in [0.5, 0.6) is 0 Å². The van der Waals surface area contributed by atoms with Crippen molar-refractivity contribution in [3.63, 3.8) is 0 Å². The molecule has 24 heavy (non-hydrogen) atoms. The molecule has 1 aromatic heterocycles. The van der Waals surface area contributed by atoms with Crippen LogP contribution in [-0.2, 0) is 11.2 Å². The van der Waals surface area contributed by atoms with Crippen LogP contribution in [0.1, 0.15) is 25.5 Å². The Morgan fingerprint density at radius 1 is 1.42 bits per heavy atom. The molecule has 0 spiro atoms. The van der Waals surface area contributed by atoms with E-state index in [1.54, 1.807) is 25.3 Å². The highest BCUT2D eigenvalue weighted by Crippen LogP contribution is 2.16. The van der Waals surface area contributed by atoms with E-state index < -0.39 is 0 Å². The summed E-state index contributed by atoms with van der Waals surface area (Å²) < 4.78 is 5.35. The van der Waals surface area contributed by atoms with Gasteiger partial charge in [0.1, 0.15) is 12.3 Å². The third-order valence-corrected chi connectivity index (χ3v) is 4.18. The lowest BCUT2D eigenvalue weighted by Crippen LogP contribution is -2.46. The average Bonchev–Trinajstić information content (AvgIpc) is 3.04. The number of nitrogens with zero attached hydrogens (tertiary/aromatic N) is 3. The lowest BCUT2D eigenvalue weighted by Gasteiger charge is -2.33. The van der Waals surface area contributed by atoms with Crippen LogP contribution in [0.4, 0.5) is 0 Å². The third kappa shape index (κ3) is 6.70. The van der Waals surface area contributed by atoms with Gasteiger partial charge >= 0.3 is 0 Å². The van der Waals surface area contributed by atoms with Crippen molar-refractivity contribution < 1.29 is 9.21 Å². The number of guanidine groups is 1. The Labute approximate surface area is 161 Å². The number of nitrogens with one attached hydrogen (secondary N) is 1. The molecule has 2 heterocycles. The van der Waals surface area contributed by atoms with Crippen LogP contribution in [0.2, 0.25) is 0 Å². The minimum atomic E-state index is 0. The van der Waals surface area contributed by atoms with Gasteiger partial charge in [0.05, 0.1) is 6.26 Å². The van der Waals surface area contributed by atoms with Crippen molar-refractivity contribution in [2.24, 2.45) is 10.9 Å². The summed E-state index contributed by atoms with van der Waals surface area (Å²) in [4.78, 5) is 20.1. The predicted molar refractivity (Wildman–Crippen MR) is 107 cm³/mol. The zero-order valence-electron chi connectivity index (χ0n) is 14.8. The first-order chi connectivity index (χ1) is 11.1. The molecule has 2 rings (SSSR count). The molecule has 1 aliphatic heterocycles. The van der Waals surface area contributed by atoms with Crippen molar-refractivity contribution in [2.45, 2.75) is 26.2 Å². The van der Waals surface area contributed by atoms with E-state index in [9.17, 15) is 4.79 Å². The Morgan fingerprint density at radius 2 is 2.12 bits per heavy atom. The van der Waals surface area contributed by atoms with Gasteiger partial charge in [0, 0.05) is 40.2 Å². The van der Waals surface area contributed by atoms with Gasteiger partial charge in [-0.05, 0) is 30.9 Å². The van der Waals surface area contributed by atoms with Crippen molar-refractivity contribution in [3.8, 4) is 0 Å². The zero-order chi connectivity index (χ0) is 16.7. The predicted octanol–water partition coefficient (Wildman–Crippen LogP) is 2.21. The first-order valence-corrected chi connectivity index (χ1v) is 8.32. The van der Waals surface area contributed by atoms with Crippen LogP contribution in [0.15, 0.2) is 27.8 Å². The fraction of sp³-hybridized carbons (Fsp3) is 0.647. The zero-order valence-corrected chi connectivity index (χ0v) is 17.2. The summed E-state index contributed by atoms with van der Waals surface area (Å²) in [6, 6.07) is 3.86. The SMILES string of the molecule is CC1CCN(C(=NCC(=O)N(C)C)NCCc2ccco2)CC1.I. The van der Waals surface area contributed by atoms with Crippen molar-refractivity contribution in [1.82, 2.24) is 15.1 Å². The molecule has 0 saturated carbocycles. The Balaban J connectivity index is 0.00000288. The van der Waals surface area contributed by atoms with E-state index in [-0.39, 0.29) is 36.4 Å². The maximum absolute atomic E-state index is 11.8. The Hall–Kier alpha value is -1.25. The Morgan fingerprint density at radius 3 is 2.71 bits per heavy atom. The van der Waals surface area contributed by atoms with E-state index >= 15 is 0 Å². The molecule has 0 atom stereocenters. The minimum absolute atomic E-state index is 0. The number of carbonyl (C=O) groups is 1. The second kappa shape index (κ2) is 10.6.